The minimum Gasteiger partial charge on any atom is -0.394 e. The fraction of sp³-hybridized carbons (Fsp3) is 0.857. The summed E-state index contributed by atoms with van der Waals surface area (Å²) in [5.74, 6) is 5.36. The van der Waals surface area contributed by atoms with Crippen molar-refractivity contribution in [2.75, 3.05) is 19.8 Å². The highest BCUT2D eigenvalue weighted by Crippen LogP contribution is 2.10. The molecule has 0 radical (unpaired) electrons. The summed E-state index contributed by atoms with van der Waals surface area (Å²) in [6.45, 7) is 3.01. The van der Waals surface area contributed by atoms with Crippen molar-refractivity contribution in [1.29, 1.82) is 0 Å². The van der Waals surface area contributed by atoms with Crippen LogP contribution >= 0.6 is 0 Å². The Morgan fingerprint density at radius 1 is 1.77 bits per heavy atom. The molecule has 1 rings (SSSR count). The van der Waals surface area contributed by atoms with Gasteiger partial charge >= 0.3 is 0 Å². The van der Waals surface area contributed by atoms with E-state index in [2.05, 4.69) is 5.10 Å². The highest BCUT2D eigenvalue weighted by atomic mass is 16.5. The highest BCUT2D eigenvalue weighted by Gasteiger charge is 2.26. The van der Waals surface area contributed by atoms with Crippen LogP contribution in [0.4, 0.5) is 0 Å². The van der Waals surface area contributed by atoms with Gasteiger partial charge < -0.3 is 26.3 Å². The summed E-state index contributed by atoms with van der Waals surface area (Å²) in [6.07, 6.45) is -0.198. The third kappa shape index (κ3) is 2.22. The third-order valence-corrected chi connectivity index (χ3v) is 2.14. The van der Waals surface area contributed by atoms with E-state index in [1.807, 2.05) is 11.8 Å². The number of ether oxygens (including phenoxy) is 1. The van der Waals surface area contributed by atoms with E-state index in [0.717, 1.165) is 0 Å². The van der Waals surface area contributed by atoms with Crippen LogP contribution in [-0.4, -0.2) is 47.9 Å². The normalized spacial score (nSPS) is 30.6. The number of rotatable bonds is 1. The van der Waals surface area contributed by atoms with Gasteiger partial charge in [-0.25, -0.2) is 0 Å². The van der Waals surface area contributed by atoms with Crippen LogP contribution in [0.15, 0.2) is 5.10 Å². The van der Waals surface area contributed by atoms with Crippen molar-refractivity contribution in [3.8, 4) is 0 Å². The lowest BCUT2D eigenvalue weighted by molar-refractivity contribution is -0.0564. The van der Waals surface area contributed by atoms with Crippen molar-refractivity contribution in [2.45, 2.75) is 19.1 Å². The number of guanidine groups is 1. The first kappa shape index (κ1) is 10.1. The molecule has 1 heterocycles. The SMILES string of the molecule is CC1COC(CO)CN1C(N)=NN. The average molecular weight is 188 g/mol. The Hall–Kier alpha value is -1.01. The van der Waals surface area contributed by atoms with E-state index in [-0.39, 0.29) is 24.7 Å². The van der Waals surface area contributed by atoms with Gasteiger partial charge in [0.2, 0.25) is 5.96 Å². The van der Waals surface area contributed by atoms with Crippen LogP contribution in [0.3, 0.4) is 0 Å². The maximum Gasteiger partial charge on any atom is 0.213 e. The predicted molar refractivity (Wildman–Crippen MR) is 48.8 cm³/mol. The first-order valence-corrected chi connectivity index (χ1v) is 4.21. The molecular formula is C7H16N4O2. The van der Waals surface area contributed by atoms with Crippen molar-refractivity contribution in [2.24, 2.45) is 16.7 Å². The second kappa shape index (κ2) is 4.29. The molecule has 0 aliphatic carbocycles. The van der Waals surface area contributed by atoms with E-state index in [1.165, 1.54) is 0 Å². The van der Waals surface area contributed by atoms with Crippen molar-refractivity contribution >= 4 is 5.96 Å². The van der Waals surface area contributed by atoms with E-state index >= 15 is 0 Å². The standard InChI is InChI=1S/C7H16N4O2/c1-5-4-13-6(3-12)2-11(5)7(8)10-9/h5-6,12H,2-4,9H2,1H3,(H2,8,10). The molecule has 0 aromatic carbocycles. The molecule has 76 valence electrons. The van der Waals surface area contributed by atoms with E-state index in [4.69, 9.17) is 21.4 Å². The molecule has 0 saturated carbocycles. The quantitative estimate of drug-likeness (QED) is 0.196. The van der Waals surface area contributed by atoms with Gasteiger partial charge in [-0.15, -0.1) is 5.10 Å². The molecule has 0 amide bonds. The number of hydrogen-bond donors (Lipinski definition) is 3. The molecule has 2 atom stereocenters. The molecule has 6 heteroatoms. The van der Waals surface area contributed by atoms with Crippen molar-refractivity contribution < 1.29 is 9.84 Å². The molecule has 1 aliphatic rings. The van der Waals surface area contributed by atoms with Crippen LogP contribution in [0, 0.1) is 0 Å². The Morgan fingerprint density at radius 2 is 2.46 bits per heavy atom. The van der Waals surface area contributed by atoms with Crippen LogP contribution in [0.5, 0.6) is 0 Å². The molecule has 1 aliphatic heterocycles. The fourth-order valence-electron chi connectivity index (χ4n) is 1.32. The molecule has 0 bridgehead atoms. The fourth-order valence-corrected chi connectivity index (χ4v) is 1.32. The summed E-state index contributed by atoms with van der Waals surface area (Å²) in [5, 5.41) is 12.3. The average Bonchev–Trinajstić information content (AvgIpc) is 2.17. The zero-order valence-corrected chi connectivity index (χ0v) is 7.68. The van der Waals surface area contributed by atoms with Crippen LogP contribution in [0.1, 0.15) is 6.92 Å². The van der Waals surface area contributed by atoms with Gasteiger partial charge in [0, 0.05) is 6.54 Å². The van der Waals surface area contributed by atoms with Gasteiger partial charge in [0.15, 0.2) is 0 Å². The van der Waals surface area contributed by atoms with Crippen LogP contribution in [0.25, 0.3) is 0 Å². The number of aliphatic hydroxyl groups excluding tert-OH is 1. The minimum absolute atomic E-state index is 0.0128. The summed E-state index contributed by atoms with van der Waals surface area (Å²) in [7, 11) is 0. The summed E-state index contributed by atoms with van der Waals surface area (Å²) in [5.41, 5.74) is 5.57. The molecular weight excluding hydrogens is 172 g/mol. The molecule has 1 saturated heterocycles. The summed E-state index contributed by atoms with van der Waals surface area (Å²) < 4.78 is 5.32. The summed E-state index contributed by atoms with van der Waals surface area (Å²) in [4.78, 5) is 1.82. The molecule has 5 N–H and O–H groups in total. The van der Waals surface area contributed by atoms with E-state index < -0.39 is 0 Å². The van der Waals surface area contributed by atoms with Gasteiger partial charge in [0.1, 0.15) is 0 Å². The third-order valence-electron chi connectivity index (χ3n) is 2.14. The highest BCUT2D eigenvalue weighted by molar-refractivity contribution is 5.78. The lowest BCUT2D eigenvalue weighted by Gasteiger charge is -2.37. The molecule has 0 aromatic rings. The van der Waals surface area contributed by atoms with Gasteiger partial charge in [-0.2, -0.15) is 0 Å². The topological polar surface area (TPSA) is 97.1 Å². The first-order chi connectivity index (χ1) is 6.19. The van der Waals surface area contributed by atoms with Gasteiger partial charge in [0.25, 0.3) is 0 Å². The largest absolute Gasteiger partial charge is 0.394 e. The lowest BCUT2D eigenvalue weighted by atomic mass is 10.2. The number of morpholine rings is 1. The van der Waals surface area contributed by atoms with Crippen LogP contribution < -0.4 is 11.6 Å². The number of hydrogen-bond acceptors (Lipinski definition) is 4. The van der Waals surface area contributed by atoms with E-state index in [0.29, 0.717) is 13.2 Å². The second-order valence-corrected chi connectivity index (χ2v) is 3.13. The van der Waals surface area contributed by atoms with Crippen molar-refractivity contribution in [3.05, 3.63) is 0 Å². The number of hydrazone groups is 1. The van der Waals surface area contributed by atoms with Gasteiger partial charge in [-0.05, 0) is 6.92 Å². The maximum absolute atomic E-state index is 8.89. The number of aliphatic hydroxyl groups is 1. The Bertz CT molecular complexity index is 197. The molecule has 1 fully saturated rings. The van der Waals surface area contributed by atoms with Crippen LogP contribution in [0.2, 0.25) is 0 Å². The molecule has 13 heavy (non-hydrogen) atoms. The monoisotopic (exact) mass is 188 g/mol. The van der Waals surface area contributed by atoms with Gasteiger partial charge in [-0.3, -0.25) is 0 Å². The van der Waals surface area contributed by atoms with Gasteiger partial charge in [0.05, 0.1) is 25.4 Å². The summed E-state index contributed by atoms with van der Waals surface area (Å²) in [6, 6.07) is 0.148. The van der Waals surface area contributed by atoms with Crippen molar-refractivity contribution in [1.82, 2.24) is 4.90 Å². The molecule has 0 spiro atoms. The minimum atomic E-state index is -0.198. The summed E-state index contributed by atoms with van der Waals surface area (Å²) >= 11 is 0. The van der Waals surface area contributed by atoms with E-state index in [1.54, 1.807) is 0 Å². The smallest absolute Gasteiger partial charge is 0.213 e. The number of nitrogens with two attached hydrogens (primary N) is 2. The van der Waals surface area contributed by atoms with Crippen molar-refractivity contribution in [3.63, 3.8) is 0 Å². The van der Waals surface area contributed by atoms with E-state index in [9.17, 15) is 0 Å². The Morgan fingerprint density at radius 3 is 3.00 bits per heavy atom. The lowest BCUT2D eigenvalue weighted by Crippen LogP contribution is -2.54. The first-order valence-electron chi connectivity index (χ1n) is 4.21. The van der Waals surface area contributed by atoms with Crippen LogP contribution in [-0.2, 0) is 4.74 Å². The predicted octanol–water partition coefficient (Wildman–Crippen LogP) is -1.74. The number of nitrogens with zero attached hydrogens (tertiary/aromatic N) is 2. The zero-order valence-electron chi connectivity index (χ0n) is 7.68. The second-order valence-electron chi connectivity index (χ2n) is 3.13. The Kier molecular flexibility index (Phi) is 3.32. The van der Waals surface area contributed by atoms with Gasteiger partial charge in [-0.1, -0.05) is 0 Å². The molecule has 6 nitrogen and oxygen atoms in total. The maximum atomic E-state index is 8.89. The molecule has 2 unspecified atom stereocenters. The Balaban J connectivity index is 2.60. The zero-order chi connectivity index (χ0) is 9.84. The Labute approximate surface area is 77.1 Å². The molecule has 0 aromatic heterocycles.